The molecule has 0 aliphatic heterocycles. The second-order valence-electron chi connectivity index (χ2n) is 4.66. The van der Waals surface area contributed by atoms with Gasteiger partial charge in [0, 0.05) is 0 Å². The maximum absolute atomic E-state index is 12.7. The fraction of sp³-hybridized carbons (Fsp3) is 0.133. The Morgan fingerprint density at radius 3 is 2.58 bits per heavy atom. The van der Waals surface area contributed by atoms with E-state index in [4.69, 9.17) is 9.15 Å². The number of halogens is 3. The van der Waals surface area contributed by atoms with Crippen molar-refractivity contribution in [2.75, 3.05) is 7.11 Å². The van der Waals surface area contributed by atoms with Crippen LogP contribution in [-0.4, -0.2) is 21.9 Å². The first-order valence-electron chi connectivity index (χ1n) is 6.68. The van der Waals surface area contributed by atoms with Crippen LogP contribution in [0.3, 0.4) is 0 Å². The number of hydrogen-bond acceptors (Lipinski definition) is 5. The SMILES string of the molecule is COc1ccccc1-c1nn(-c2cccc(C(F)(F)F)n2)c(=O)o1. The smallest absolute Gasteiger partial charge is 0.443 e. The first kappa shape index (κ1) is 15.8. The summed E-state index contributed by atoms with van der Waals surface area (Å²) in [5.74, 6) is -0.929. The first-order valence-corrected chi connectivity index (χ1v) is 6.68. The molecule has 0 amide bonds. The van der Waals surface area contributed by atoms with Crippen LogP contribution in [0.25, 0.3) is 17.3 Å². The third kappa shape index (κ3) is 2.87. The Balaban J connectivity index is 2.09. The summed E-state index contributed by atoms with van der Waals surface area (Å²) in [6.07, 6.45) is -4.63. The summed E-state index contributed by atoms with van der Waals surface area (Å²) in [6.45, 7) is 0. The van der Waals surface area contributed by atoms with Gasteiger partial charge in [-0.3, -0.25) is 0 Å². The Bertz CT molecular complexity index is 931. The highest BCUT2D eigenvalue weighted by Crippen LogP contribution is 2.29. The van der Waals surface area contributed by atoms with Crippen molar-refractivity contribution in [1.29, 1.82) is 0 Å². The van der Waals surface area contributed by atoms with Gasteiger partial charge in [0.1, 0.15) is 11.4 Å². The number of para-hydroxylation sites is 1. The summed E-state index contributed by atoms with van der Waals surface area (Å²) in [5.41, 5.74) is -0.739. The van der Waals surface area contributed by atoms with Crippen LogP contribution >= 0.6 is 0 Å². The number of rotatable bonds is 3. The summed E-state index contributed by atoms with van der Waals surface area (Å²) in [6, 6.07) is 9.80. The van der Waals surface area contributed by atoms with Gasteiger partial charge >= 0.3 is 11.9 Å². The van der Waals surface area contributed by atoms with Crippen molar-refractivity contribution in [3.05, 3.63) is 58.7 Å². The molecule has 24 heavy (non-hydrogen) atoms. The zero-order valence-electron chi connectivity index (χ0n) is 12.2. The third-order valence-electron chi connectivity index (χ3n) is 3.13. The van der Waals surface area contributed by atoms with E-state index < -0.39 is 17.6 Å². The Morgan fingerprint density at radius 2 is 1.88 bits per heavy atom. The van der Waals surface area contributed by atoms with Crippen LogP contribution in [0.1, 0.15) is 5.69 Å². The molecule has 0 N–H and O–H groups in total. The Labute approximate surface area is 133 Å². The predicted molar refractivity (Wildman–Crippen MR) is 76.9 cm³/mol. The lowest BCUT2D eigenvalue weighted by molar-refractivity contribution is -0.141. The Kier molecular flexibility index (Phi) is 3.84. The van der Waals surface area contributed by atoms with Crippen LogP contribution in [0.15, 0.2) is 51.7 Å². The number of methoxy groups -OCH3 is 1. The fourth-order valence-electron chi connectivity index (χ4n) is 2.05. The zero-order valence-corrected chi connectivity index (χ0v) is 12.2. The molecule has 0 atom stereocenters. The average molecular weight is 337 g/mol. The molecule has 6 nitrogen and oxygen atoms in total. The van der Waals surface area contributed by atoms with Crippen molar-refractivity contribution in [1.82, 2.24) is 14.8 Å². The summed E-state index contributed by atoms with van der Waals surface area (Å²) in [7, 11) is 1.43. The van der Waals surface area contributed by atoms with Crippen LogP contribution in [0.5, 0.6) is 5.75 Å². The largest absolute Gasteiger partial charge is 0.496 e. The van der Waals surface area contributed by atoms with Gasteiger partial charge < -0.3 is 9.15 Å². The third-order valence-corrected chi connectivity index (χ3v) is 3.13. The molecule has 0 spiro atoms. The van der Waals surface area contributed by atoms with Gasteiger partial charge in [-0.2, -0.15) is 13.2 Å². The minimum absolute atomic E-state index is 0.0864. The molecule has 0 saturated heterocycles. The molecule has 0 fully saturated rings. The highest BCUT2D eigenvalue weighted by molar-refractivity contribution is 5.62. The van der Waals surface area contributed by atoms with E-state index in [9.17, 15) is 18.0 Å². The van der Waals surface area contributed by atoms with E-state index in [2.05, 4.69) is 10.1 Å². The highest BCUT2D eigenvalue weighted by Gasteiger charge is 2.33. The molecule has 3 aromatic rings. The van der Waals surface area contributed by atoms with Crippen molar-refractivity contribution in [2.45, 2.75) is 6.18 Å². The Morgan fingerprint density at radius 1 is 1.12 bits per heavy atom. The summed E-state index contributed by atoms with van der Waals surface area (Å²) < 4.78 is 49.1. The second-order valence-corrected chi connectivity index (χ2v) is 4.66. The van der Waals surface area contributed by atoms with Crippen molar-refractivity contribution in [3.8, 4) is 23.0 Å². The van der Waals surface area contributed by atoms with Crippen molar-refractivity contribution in [2.24, 2.45) is 0 Å². The van der Waals surface area contributed by atoms with E-state index in [1.165, 1.54) is 13.2 Å². The van der Waals surface area contributed by atoms with Gasteiger partial charge in [0.15, 0.2) is 5.82 Å². The maximum atomic E-state index is 12.7. The molecule has 9 heteroatoms. The minimum atomic E-state index is -4.63. The van der Waals surface area contributed by atoms with E-state index in [1.807, 2.05) is 0 Å². The Hall–Kier alpha value is -3.10. The molecule has 0 bridgehead atoms. The summed E-state index contributed by atoms with van der Waals surface area (Å²) >= 11 is 0. The predicted octanol–water partition coefficient (Wildman–Crippen LogP) is 2.91. The molecule has 0 aliphatic carbocycles. The van der Waals surface area contributed by atoms with Crippen molar-refractivity contribution < 1.29 is 22.3 Å². The number of nitrogens with zero attached hydrogens (tertiary/aromatic N) is 3. The van der Waals surface area contributed by atoms with Gasteiger partial charge in [0.25, 0.3) is 5.89 Å². The van der Waals surface area contributed by atoms with E-state index in [1.54, 1.807) is 24.3 Å². The standard InChI is InChI=1S/C15H10F3N3O3/c1-23-10-6-3-2-5-9(10)13-20-21(14(22)24-13)12-8-4-7-11(19-12)15(16,17)18/h2-8H,1H3. The number of benzene rings is 1. The summed E-state index contributed by atoms with van der Waals surface area (Å²) in [4.78, 5) is 15.4. The molecule has 2 aromatic heterocycles. The number of hydrogen-bond donors (Lipinski definition) is 0. The monoisotopic (exact) mass is 337 g/mol. The van der Waals surface area contributed by atoms with E-state index in [-0.39, 0.29) is 11.7 Å². The van der Waals surface area contributed by atoms with Gasteiger partial charge in [0.2, 0.25) is 0 Å². The van der Waals surface area contributed by atoms with Crippen LogP contribution < -0.4 is 10.5 Å². The van der Waals surface area contributed by atoms with Gasteiger partial charge in [-0.15, -0.1) is 9.78 Å². The van der Waals surface area contributed by atoms with E-state index in [0.717, 1.165) is 12.1 Å². The van der Waals surface area contributed by atoms with Crippen molar-refractivity contribution >= 4 is 0 Å². The highest BCUT2D eigenvalue weighted by atomic mass is 19.4. The van der Waals surface area contributed by atoms with Crippen molar-refractivity contribution in [3.63, 3.8) is 0 Å². The molecule has 124 valence electrons. The molecule has 0 aliphatic rings. The lowest BCUT2D eigenvalue weighted by Gasteiger charge is -2.06. The molecule has 2 heterocycles. The van der Waals surface area contributed by atoms with Crippen LogP contribution in [0.4, 0.5) is 13.2 Å². The van der Waals surface area contributed by atoms with Crippen LogP contribution in [0.2, 0.25) is 0 Å². The number of ether oxygens (including phenoxy) is 1. The quantitative estimate of drug-likeness (QED) is 0.735. The molecule has 3 rings (SSSR count). The van der Waals surface area contributed by atoms with Gasteiger partial charge in [-0.25, -0.2) is 9.78 Å². The van der Waals surface area contributed by atoms with Crippen LogP contribution in [0, 0.1) is 0 Å². The second kappa shape index (κ2) is 5.84. The zero-order chi connectivity index (χ0) is 17.3. The number of aromatic nitrogens is 3. The summed E-state index contributed by atoms with van der Waals surface area (Å²) in [5, 5.41) is 3.91. The van der Waals surface area contributed by atoms with E-state index in [0.29, 0.717) is 16.0 Å². The molecule has 0 radical (unpaired) electrons. The molecular formula is C15H10F3N3O3. The number of pyridine rings is 1. The fourth-order valence-corrected chi connectivity index (χ4v) is 2.05. The topological polar surface area (TPSA) is 70.2 Å². The van der Waals surface area contributed by atoms with Gasteiger partial charge in [-0.1, -0.05) is 18.2 Å². The minimum Gasteiger partial charge on any atom is -0.496 e. The average Bonchev–Trinajstić information content (AvgIpc) is 2.96. The normalized spacial score (nSPS) is 11.5. The molecule has 0 saturated carbocycles. The van der Waals surface area contributed by atoms with Crippen LogP contribution in [-0.2, 0) is 6.18 Å². The maximum Gasteiger partial charge on any atom is 0.443 e. The number of alkyl halides is 3. The molecule has 1 aromatic carbocycles. The van der Waals surface area contributed by atoms with Gasteiger partial charge in [0.05, 0.1) is 12.7 Å². The first-order chi connectivity index (χ1) is 11.4. The molecule has 0 unspecified atom stereocenters. The molecular weight excluding hydrogens is 327 g/mol. The lowest BCUT2D eigenvalue weighted by Crippen LogP contribution is -2.17. The lowest BCUT2D eigenvalue weighted by atomic mass is 10.2. The van der Waals surface area contributed by atoms with Gasteiger partial charge in [-0.05, 0) is 24.3 Å². The van der Waals surface area contributed by atoms with E-state index >= 15 is 0 Å².